The Kier molecular flexibility index (Phi) is 7.22. The van der Waals surface area contributed by atoms with Gasteiger partial charge in [-0.05, 0) is 86.4 Å². The zero-order chi connectivity index (χ0) is 27.7. The van der Waals surface area contributed by atoms with Crippen molar-refractivity contribution in [1.29, 1.82) is 0 Å². The first-order valence-electron chi connectivity index (χ1n) is 12.6. The summed E-state index contributed by atoms with van der Waals surface area (Å²) in [6, 6.07) is 22.8. The van der Waals surface area contributed by atoms with Crippen molar-refractivity contribution in [2.75, 3.05) is 0 Å². The van der Waals surface area contributed by atoms with Crippen molar-refractivity contribution in [1.82, 2.24) is 14.8 Å². The summed E-state index contributed by atoms with van der Waals surface area (Å²) in [6.45, 7) is 7.74. The van der Waals surface area contributed by atoms with Gasteiger partial charge in [-0.15, -0.1) is 0 Å². The minimum absolute atomic E-state index is 0.181. The van der Waals surface area contributed by atoms with Gasteiger partial charge in [-0.3, -0.25) is 0 Å². The Labute approximate surface area is 232 Å². The van der Waals surface area contributed by atoms with Gasteiger partial charge in [-0.2, -0.15) is 5.10 Å². The number of hydrogen-bond donors (Lipinski definition) is 1. The molecule has 196 valence electrons. The zero-order valence-corrected chi connectivity index (χ0v) is 22.9. The van der Waals surface area contributed by atoms with Gasteiger partial charge in [0.25, 0.3) is 0 Å². The molecule has 2 aromatic heterocycles. The van der Waals surface area contributed by atoms with Crippen LogP contribution in [0.15, 0.2) is 72.8 Å². The van der Waals surface area contributed by atoms with Crippen LogP contribution in [0.25, 0.3) is 23.2 Å². The average molecular weight is 538 g/mol. The van der Waals surface area contributed by atoms with Crippen molar-refractivity contribution in [2.45, 2.75) is 33.7 Å². The molecule has 0 radical (unpaired) electrons. The number of benzene rings is 3. The summed E-state index contributed by atoms with van der Waals surface area (Å²) in [6.07, 6.45) is 3.74. The fourth-order valence-electron chi connectivity index (χ4n) is 4.66. The molecule has 1 unspecified atom stereocenters. The highest BCUT2D eigenvalue weighted by molar-refractivity contribution is 6.32. The third-order valence-corrected chi connectivity index (χ3v) is 7.30. The molecule has 3 aromatic carbocycles. The highest BCUT2D eigenvalue weighted by atomic mass is 35.5. The van der Waals surface area contributed by atoms with E-state index in [0.29, 0.717) is 28.2 Å². The standard InChI is InChI=1S/C32H28ClN3O3/c1-19-16-27(17-20(2)30(19)33)39-26-14-11-24(12-15-26)22(4)36-31-29(21(3)35-36)28(32(37)38)18-25(34-31)13-10-23-8-6-5-7-9-23/h5-18,22H,1-4H3,(H,37,38)/b13-10+. The van der Waals surface area contributed by atoms with Crippen LogP contribution in [0.3, 0.4) is 0 Å². The van der Waals surface area contributed by atoms with Gasteiger partial charge in [0, 0.05) is 5.02 Å². The molecule has 1 N–H and O–H groups in total. The number of halogens is 1. The van der Waals surface area contributed by atoms with Crippen LogP contribution in [0.1, 0.15) is 57.0 Å². The normalized spacial score (nSPS) is 12.2. The van der Waals surface area contributed by atoms with Crippen LogP contribution in [0.2, 0.25) is 5.02 Å². The highest BCUT2D eigenvalue weighted by Gasteiger charge is 2.22. The molecule has 0 saturated heterocycles. The molecule has 2 heterocycles. The van der Waals surface area contributed by atoms with E-state index in [0.717, 1.165) is 33.0 Å². The van der Waals surface area contributed by atoms with Crippen LogP contribution < -0.4 is 4.74 Å². The maximum atomic E-state index is 12.2. The van der Waals surface area contributed by atoms with E-state index in [9.17, 15) is 9.90 Å². The maximum absolute atomic E-state index is 12.2. The summed E-state index contributed by atoms with van der Waals surface area (Å²) in [5.41, 5.74) is 5.79. The Bertz CT molecular complexity index is 1680. The first kappa shape index (κ1) is 26.2. The van der Waals surface area contributed by atoms with Crippen molar-refractivity contribution < 1.29 is 14.6 Å². The van der Waals surface area contributed by atoms with E-state index in [-0.39, 0.29) is 11.6 Å². The van der Waals surface area contributed by atoms with Crippen LogP contribution in [-0.4, -0.2) is 25.8 Å². The minimum atomic E-state index is -1.01. The van der Waals surface area contributed by atoms with Crippen molar-refractivity contribution in [3.8, 4) is 11.5 Å². The van der Waals surface area contributed by atoms with Gasteiger partial charge in [0.05, 0.1) is 28.4 Å². The predicted octanol–water partition coefficient (Wildman–Crippen LogP) is 8.28. The molecule has 0 aliphatic heterocycles. The summed E-state index contributed by atoms with van der Waals surface area (Å²) in [7, 11) is 0. The van der Waals surface area contributed by atoms with E-state index in [1.54, 1.807) is 10.7 Å². The zero-order valence-electron chi connectivity index (χ0n) is 22.1. The summed E-state index contributed by atoms with van der Waals surface area (Å²) >= 11 is 6.29. The SMILES string of the molecule is Cc1cc(Oc2ccc(C(C)n3nc(C)c4c(C(=O)O)cc(/C=C/c5ccccc5)nc43)cc2)cc(C)c1Cl. The molecule has 39 heavy (non-hydrogen) atoms. The second-order valence-electron chi connectivity index (χ2n) is 9.59. The number of carboxylic acids is 1. The molecule has 6 nitrogen and oxygen atoms in total. The number of carbonyl (C=O) groups is 1. The van der Waals surface area contributed by atoms with Gasteiger partial charge in [-0.25, -0.2) is 14.5 Å². The van der Waals surface area contributed by atoms with Crippen LogP contribution in [-0.2, 0) is 0 Å². The Balaban J connectivity index is 1.48. The Morgan fingerprint density at radius 3 is 2.26 bits per heavy atom. The quantitative estimate of drug-likeness (QED) is 0.226. The van der Waals surface area contributed by atoms with E-state index in [2.05, 4.69) is 0 Å². The van der Waals surface area contributed by atoms with E-state index in [1.165, 1.54) is 0 Å². The first-order valence-corrected chi connectivity index (χ1v) is 13.0. The molecule has 0 fully saturated rings. The van der Waals surface area contributed by atoms with Crippen molar-refractivity contribution in [3.05, 3.63) is 117 Å². The van der Waals surface area contributed by atoms with Crippen molar-refractivity contribution in [3.63, 3.8) is 0 Å². The number of carboxylic acid groups (broad SMARTS) is 1. The number of hydrogen-bond acceptors (Lipinski definition) is 4. The van der Waals surface area contributed by atoms with Crippen molar-refractivity contribution >= 4 is 40.8 Å². The van der Waals surface area contributed by atoms with Crippen LogP contribution >= 0.6 is 11.6 Å². The second-order valence-corrected chi connectivity index (χ2v) is 9.97. The lowest BCUT2D eigenvalue weighted by Crippen LogP contribution is -2.10. The van der Waals surface area contributed by atoms with Gasteiger partial charge in [0.2, 0.25) is 0 Å². The molecule has 0 spiro atoms. The molecular weight excluding hydrogens is 510 g/mol. The minimum Gasteiger partial charge on any atom is -0.478 e. The molecule has 1 atom stereocenters. The maximum Gasteiger partial charge on any atom is 0.336 e. The largest absolute Gasteiger partial charge is 0.478 e. The van der Waals surface area contributed by atoms with E-state index in [4.69, 9.17) is 26.4 Å². The molecule has 0 saturated carbocycles. The Hall–Kier alpha value is -4.42. The first-order chi connectivity index (χ1) is 18.7. The number of ether oxygens (including phenoxy) is 1. The molecule has 5 aromatic rings. The van der Waals surface area contributed by atoms with Gasteiger partial charge >= 0.3 is 5.97 Å². The number of rotatable bonds is 7. The lowest BCUT2D eigenvalue weighted by molar-refractivity contribution is 0.0699. The van der Waals surface area contributed by atoms with Gasteiger partial charge in [0.1, 0.15) is 11.5 Å². The summed E-state index contributed by atoms with van der Waals surface area (Å²) in [5, 5.41) is 16.0. The smallest absolute Gasteiger partial charge is 0.336 e. The van der Waals surface area contributed by atoms with Crippen LogP contribution in [0, 0.1) is 20.8 Å². The number of pyridine rings is 1. The van der Waals surface area contributed by atoms with Crippen molar-refractivity contribution in [2.24, 2.45) is 0 Å². The number of nitrogens with zero attached hydrogens (tertiary/aromatic N) is 3. The van der Waals surface area contributed by atoms with E-state index in [1.807, 2.05) is 107 Å². The van der Waals surface area contributed by atoms with Gasteiger partial charge in [0.15, 0.2) is 5.65 Å². The lowest BCUT2D eigenvalue weighted by atomic mass is 10.1. The average Bonchev–Trinajstić information content (AvgIpc) is 3.26. The fraction of sp³-hybridized carbons (Fsp3) is 0.156. The fourth-order valence-corrected chi connectivity index (χ4v) is 4.77. The van der Waals surface area contributed by atoms with Gasteiger partial charge < -0.3 is 9.84 Å². The summed E-state index contributed by atoms with van der Waals surface area (Å²) in [5.74, 6) is 0.416. The molecule has 0 bridgehead atoms. The lowest BCUT2D eigenvalue weighted by Gasteiger charge is -2.15. The van der Waals surface area contributed by atoms with E-state index < -0.39 is 5.97 Å². The molecule has 5 rings (SSSR count). The molecule has 0 aliphatic carbocycles. The number of aromatic carboxylic acids is 1. The monoisotopic (exact) mass is 537 g/mol. The Morgan fingerprint density at radius 2 is 1.62 bits per heavy atom. The number of fused-ring (bicyclic) bond motifs is 1. The molecule has 0 amide bonds. The van der Waals surface area contributed by atoms with Crippen LogP contribution in [0.4, 0.5) is 0 Å². The molecule has 0 aliphatic rings. The Morgan fingerprint density at radius 1 is 0.949 bits per heavy atom. The molecule has 7 heteroatoms. The third-order valence-electron chi connectivity index (χ3n) is 6.71. The van der Waals surface area contributed by atoms with Crippen LogP contribution in [0.5, 0.6) is 11.5 Å². The third kappa shape index (κ3) is 5.42. The number of aromatic nitrogens is 3. The predicted molar refractivity (Wildman–Crippen MR) is 156 cm³/mol. The van der Waals surface area contributed by atoms with Gasteiger partial charge in [-0.1, -0.05) is 60.1 Å². The molecular formula is C32H28ClN3O3. The number of aryl methyl sites for hydroxylation is 3. The summed E-state index contributed by atoms with van der Waals surface area (Å²) in [4.78, 5) is 17.0. The van der Waals surface area contributed by atoms with E-state index >= 15 is 0 Å². The topological polar surface area (TPSA) is 77.2 Å². The second kappa shape index (κ2) is 10.8. The highest BCUT2D eigenvalue weighted by Crippen LogP contribution is 2.32. The summed E-state index contributed by atoms with van der Waals surface area (Å²) < 4.78 is 7.86.